The van der Waals surface area contributed by atoms with Crippen molar-refractivity contribution in [2.24, 2.45) is 0 Å². The van der Waals surface area contributed by atoms with Crippen LogP contribution in [-0.4, -0.2) is 9.55 Å². The van der Waals surface area contributed by atoms with Crippen molar-refractivity contribution < 1.29 is 4.74 Å². The van der Waals surface area contributed by atoms with E-state index in [1.165, 1.54) is 11.4 Å². The molecule has 0 fully saturated rings. The average Bonchev–Trinajstić information content (AvgIpc) is 2.86. The summed E-state index contributed by atoms with van der Waals surface area (Å²) in [7, 11) is 0. The molecule has 0 radical (unpaired) electrons. The van der Waals surface area contributed by atoms with Crippen molar-refractivity contribution in [3.63, 3.8) is 0 Å². The Hall–Kier alpha value is -2.26. The molecule has 0 saturated heterocycles. The smallest absolute Gasteiger partial charge is 0.138 e. The molecule has 0 saturated carbocycles. The van der Waals surface area contributed by atoms with Gasteiger partial charge in [-0.05, 0) is 55.8 Å². The molecule has 0 aliphatic carbocycles. The first-order valence-corrected chi connectivity index (χ1v) is 7.50. The standard InChI is InChI=1S/C18H17ClN2O/c1-13-3-4-14(2)21(13)18-10-9-17(11-20-18)22-12-15-5-7-16(19)8-6-15/h3-11H,12H2,1-2H3. The van der Waals surface area contributed by atoms with E-state index in [2.05, 4.69) is 35.5 Å². The van der Waals surface area contributed by atoms with Gasteiger partial charge >= 0.3 is 0 Å². The van der Waals surface area contributed by atoms with E-state index in [4.69, 9.17) is 16.3 Å². The third-order valence-corrected chi connectivity index (χ3v) is 3.79. The number of pyridine rings is 1. The summed E-state index contributed by atoms with van der Waals surface area (Å²) in [5, 5.41) is 0.729. The van der Waals surface area contributed by atoms with Gasteiger partial charge in [0.1, 0.15) is 18.2 Å². The highest BCUT2D eigenvalue weighted by Gasteiger charge is 2.05. The van der Waals surface area contributed by atoms with E-state index in [-0.39, 0.29) is 0 Å². The Morgan fingerprint density at radius 2 is 1.64 bits per heavy atom. The van der Waals surface area contributed by atoms with E-state index in [0.29, 0.717) is 6.61 Å². The molecule has 112 valence electrons. The summed E-state index contributed by atoms with van der Waals surface area (Å²) in [5.41, 5.74) is 3.41. The van der Waals surface area contributed by atoms with Crippen LogP contribution in [0.3, 0.4) is 0 Å². The van der Waals surface area contributed by atoms with Gasteiger partial charge in [0.2, 0.25) is 0 Å². The SMILES string of the molecule is Cc1ccc(C)n1-c1ccc(OCc2ccc(Cl)cc2)cn1. The number of aryl methyl sites for hydroxylation is 2. The minimum Gasteiger partial charge on any atom is -0.487 e. The van der Waals surface area contributed by atoms with Crippen LogP contribution in [0.25, 0.3) is 5.82 Å². The Morgan fingerprint density at radius 3 is 2.23 bits per heavy atom. The minimum atomic E-state index is 0.500. The summed E-state index contributed by atoms with van der Waals surface area (Å²) in [6, 6.07) is 15.7. The number of hydrogen-bond donors (Lipinski definition) is 0. The lowest BCUT2D eigenvalue weighted by Gasteiger charge is -2.10. The van der Waals surface area contributed by atoms with Gasteiger partial charge in [0.05, 0.1) is 6.20 Å². The fraction of sp³-hybridized carbons (Fsp3) is 0.167. The molecule has 3 rings (SSSR count). The van der Waals surface area contributed by atoms with Gasteiger partial charge in [-0.25, -0.2) is 4.98 Å². The summed E-state index contributed by atoms with van der Waals surface area (Å²) in [4.78, 5) is 4.49. The Labute approximate surface area is 135 Å². The highest BCUT2D eigenvalue weighted by Crippen LogP contribution is 2.18. The second-order valence-corrected chi connectivity index (χ2v) is 5.66. The van der Waals surface area contributed by atoms with Crippen molar-refractivity contribution in [3.05, 3.63) is 76.7 Å². The lowest BCUT2D eigenvalue weighted by molar-refractivity contribution is 0.305. The average molecular weight is 313 g/mol. The maximum atomic E-state index is 5.87. The maximum Gasteiger partial charge on any atom is 0.138 e. The van der Waals surface area contributed by atoms with Gasteiger partial charge in [-0.1, -0.05) is 23.7 Å². The number of hydrogen-bond acceptors (Lipinski definition) is 2. The largest absolute Gasteiger partial charge is 0.487 e. The molecule has 1 aromatic carbocycles. The molecule has 2 heterocycles. The van der Waals surface area contributed by atoms with Gasteiger partial charge in [-0.3, -0.25) is 0 Å². The van der Waals surface area contributed by atoms with Crippen molar-refractivity contribution in [2.45, 2.75) is 20.5 Å². The zero-order valence-corrected chi connectivity index (χ0v) is 13.3. The Kier molecular flexibility index (Phi) is 4.16. The molecular weight excluding hydrogens is 296 g/mol. The molecule has 0 unspecified atom stereocenters. The quantitative estimate of drug-likeness (QED) is 0.697. The second-order valence-electron chi connectivity index (χ2n) is 5.22. The predicted molar refractivity (Wildman–Crippen MR) is 88.8 cm³/mol. The van der Waals surface area contributed by atoms with Crippen LogP contribution in [0.5, 0.6) is 5.75 Å². The van der Waals surface area contributed by atoms with Crippen molar-refractivity contribution in [2.75, 3.05) is 0 Å². The summed E-state index contributed by atoms with van der Waals surface area (Å²) < 4.78 is 7.86. The Balaban J connectivity index is 1.71. The first-order chi connectivity index (χ1) is 10.6. The van der Waals surface area contributed by atoms with Crippen LogP contribution in [0.15, 0.2) is 54.7 Å². The van der Waals surface area contributed by atoms with E-state index in [9.17, 15) is 0 Å². The molecule has 22 heavy (non-hydrogen) atoms. The number of aromatic nitrogens is 2. The molecule has 3 nitrogen and oxygen atoms in total. The van der Waals surface area contributed by atoms with Crippen molar-refractivity contribution >= 4 is 11.6 Å². The molecule has 0 N–H and O–H groups in total. The molecule has 0 aliphatic heterocycles. The molecule has 0 aliphatic rings. The van der Waals surface area contributed by atoms with Crippen molar-refractivity contribution in [1.82, 2.24) is 9.55 Å². The number of rotatable bonds is 4. The zero-order valence-electron chi connectivity index (χ0n) is 12.6. The van der Waals surface area contributed by atoms with Crippen LogP contribution in [-0.2, 0) is 6.61 Å². The topological polar surface area (TPSA) is 27.1 Å². The molecule has 0 bridgehead atoms. The maximum absolute atomic E-state index is 5.87. The zero-order chi connectivity index (χ0) is 15.5. The third-order valence-electron chi connectivity index (χ3n) is 3.54. The van der Waals surface area contributed by atoms with Crippen molar-refractivity contribution in [1.29, 1.82) is 0 Å². The minimum absolute atomic E-state index is 0.500. The van der Waals surface area contributed by atoms with Gasteiger partial charge in [0, 0.05) is 16.4 Å². The first kappa shape index (κ1) is 14.7. The monoisotopic (exact) mass is 312 g/mol. The lowest BCUT2D eigenvalue weighted by atomic mass is 10.2. The number of ether oxygens (including phenoxy) is 1. The normalized spacial score (nSPS) is 10.7. The molecule has 0 spiro atoms. The van der Waals surface area contributed by atoms with Gasteiger partial charge in [-0.15, -0.1) is 0 Å². The van der Waals surface area contributed by atoms with E-state index < -0.39 is 0 Å². The molecule has 2 aromatic heterocycles. The highest BCUT2D eigenvalue weighted by atomic mass is 35.5. The second kappa shape index (κ2) is 6.24. The van der Waals surface area contributed by atoms with Gasteiger partial charge in [0.15, 0.2) is 0 Å². The van der Waals surface area contributed by atoms with Gasteiger partial charge < -0.3 is 9.30 Å². The van der Waals surface area contributed by atoms with E-state index in [0.717, 1.165) is 22.2 Å². The summed E-state index contributed by atoms with van der Waals surface area (Å²) in [5.74, 6) is 1.65. The third kappa shape index (κ3) is 3.15. The summed E-state index contributed by atoms with van der Waals surface area (Å²) in [6.45, 7) is 4.64. The summed E-state index contributed by atoms with van der Waals surface area (Å²) >= 11 is 5.87. The van der Waals surface area contributed by atoms with Crippen LogP contribution < -0.4 is 4.74 Å². The number of nitrogens with zero attached hydrogens (tertiary/aromatic N) is 2. The predicted octanol–water partition coefficient (Wildman–Crippen LogP) is 4.72. The van der Waals surface area contributed by atoms with Crippen LogP contribution in [0.1, 0.15) is 17.0 Å². The molecule has 4 heteroatoms. The van der Waals surface area contributed by atoms with Gasteiger partial charge in [-0.2, -0.15) is 0 Å². The lowest BCUT2D eigenvalue weighted by Crippen LogP contribution is -2.02. The van der Waals surface area contributed by atoms with E-state index in [1.807, 2.05) is 36.4 Å². The first-order valence-electron chi connectivity index (χ1n) is 7.12. The van der Waals surface area contributed by atoms with Crippen LogP contribution in [0.2, 0.25) is 5.02 Å². The van der Waals surface area contributed by atoms with Crippen molar-refractivity contribution in [3.8, 4) is 11.6 Å². The van der Waals surface area contributed by atoms with Crippen LogP contribution in [0, 0.1) is 13.8 Å². The van der Waals surface area contributed by atoms with E-state index in [1.54, 1.807) is 6.20 Å². The fourth-order valence-corrected chi connectivity index (χ4v) is 2.49. The Morgan fingerprint density at radius 1 is 0.955 bits per heavy atom. The summed E-state index contributed by atoms with van der Waals surface area (Å²) in [6.07, 6.45) is 1.75. The van der Waals surface area contributed by atoms with Gasteiger partial charge in [0.25, 0.3) is 0 Å². The fourth-order valence-electron chi connectivity index (χ4n) is 2.37. The van der Waals surface area contributed by atoms with Crippen LogP contribution in [0.4, 0.5) is 0 Å². The highest BCUT2D eigenvalue weighted by molar-refractivity contribution is 6.30. The molecule has 0 amide bonds. The molecule has 0 atom stereocenters. The van der Waals surface area contributed by atoms with Crippen LogP contribution >= 0.6 is 11.6 Å². The molecule has 3 aromatic rings. The number of halogens is 1. The van der Waals surface area contributed by atoms with E-state index >= 15 is 0 Å². The molecular formula is C18H17ClN2O. The number of benzene rings is 1. The Bertz CT molecular complexity index is 741.